The minimum atomic E-state index is -0.191. The smallest absolute Gasteiger partial charge is 0.317 e. The van der Waals surface area contributed by atoms with Crippen molar-refractivity contribution in [1.82, 2.24) is 20.4 Å². The number of carbonyl (C=O) groups excluding carboxylic acids is 2. The molecule has 10 heteroatoms. The molecule has 0 radical (unpaired) electrons. The second-order valence-electron chi connectivity index (χ2n) is 10.5. The van der Waals surface area contributed by atoms with E-state index >= 15 is 0 Å². The van der Waals surface area contributed by atoms with E-state index in [4.69, 9.17) is 19.7 Å². The number of likely N-dealkylation sites (tertiary alicyclic amines) is 1. The molecule has 1 aliphatic heterocycles. The van der Waals surface area contributed by atoms with E-state index in [2.05, 4.69) is 21.5 Å². The molecule has 0 spiro atoms. The van der Waals surface area contributed by atoms with Crippen molar-refractivity contribution in [3.05, 3.63) is 47.5 Å². The molecule has 1 aliphatic carbocycles. The van der Waals surface area contributed by atoms with Crippen molar-refractivity contribution in [3.8, 4) is 28.6 Å². The summed E-state index contributed by atoms with van der Waals surface area (Å²) < 4.78 is 16.1. The first-order valence-corrected chi connectivity index (χ1v) is 13.5. The molecule has 5 rings (SSSR count). The Kier molecular flexibility index (Phi) is 7.72. The van der Waals surface area contributed by atoms with Gasteiger partial charge in [-0.2, -0.15) is 4.98 Å². The molecule has 0 saturated carbocycles. The fourth-order valence-electron chi connectivity index (χ4n) is 5.41. The van der Waals surface area contributed by atoms with Gasteiger partial charge >= 0.3 is 12.0 Å². The summed E-state index contributed by atoms with van der Waals surface area (Å²) >= 11 is 0. The van der Waals surface area contributed by atoms with Crippen molar-refractivity contribution in [1.29, 1.82) is 0 Å². The van der Waals surface area contributed by atoms with Gasteiger partial charge in [0.1, 0.15) is 5.75 Å². The minimum Gasteiger partial charge on any atom is -0.489 e. The van der Waals surface area contributed by atoms with E-state index < -0.39 is 0 Å². The molecule has 1 fully saturated rings. The summed E-state index contributed by atoms with van der Waals surface area (Å²) in [6.45, 7) is 5.16. The first-order valence-electron chi connectivity index (χ1n) is 13.5. The van der Waals surface area contributed by atoms with Crippen molar-refractivity contribution >= 4 is 17.7 Å². The van der Waals surface area contributed by atoms with Crippen molar-refractivity contribution < 1.29 is 23.6 Å². The van der Waals surface area contributed by atoms with E-state index in [0.29, 0.717) is 42.7 Å². The number of nitrogens with zero attached hydrogens (tertiary/aromatic N) is 3. The summed E-state index contributed by atoms with van der Waals surface area (Å²) in [6, 6.07) is 11.3. The Morgan fingerprint density at radius 2 is 1.97 bits per heavy atom. The molecule has 10 nitrogen and oxygen atoms in total. The number of ether oxygens (including phenoxy) is 2. The number of esters is 1. The second-order valence-corrected chi connectivity index (χ2v) is 10.5. The van der Waals surface area contributed by atoms with Gasteiger partial charge in [-0.05, 0) is 74.8 Å². The van der Waals surface area contributed by atoms with Crippen LogP contribution in [0.15, 0.2) is 40.9 Å². The highest BCUT2D eigenvalue weighted by molar-refractivity contribution is 5.76. The van der Waals surface area contributed by atoms with Crippen LogP contribution >= 0.6 is 0 Å². The Hall–Kier alpha value is -4.08. The number of piperidine rings is 1. The van der Waals surface area contributed by atoms with Crippen molar-refractivity contribution in [2.45, 2.75) is 58.1 Å². The minimum absolute atomic E-state index is 0.0205. The lowest BCUT2D eigenvalue weighted by atomic mass is 9.94. The van der Waals surface area contributed by atoms with Crippen LogP contribution in [0.4, 0.5) is 10.5 Å². The molecule has 1 aromatic heterocycles. The fraction of sp³-hybridized carbons (Fsp3) is 0.448. The molecule has 3 aromatic rings. The number of carbonyl (C=O) groups is 2. The van der Waals surface area contributed by atoms with Gasteiger partial charge in [0.05, 0.1) is 24.9 Å². The summed E-state index contributed by atoms with van der Waals surface area (Å²) in [7, 11) is 1.41. The summed E-state index contributed by atoms with van der Waals surface area (Å²) in [6.07, 6.45) is 3.63. The molecule has 3 N–H and O–H groups in total. The highest BCUT2D eigenvalue weighted by Gasteiger charge is 2.30. The topological polar surface area (TPSA) is 133 Å². The maximum atomic E-state index is 13.0. The lowest BCUT2D eigenvalue weighted by Crippen LogP contribution is -2.45. The number of nitrogens with two attached hydrogens (primary N) is 1. The number of hydrogen-bond donors (Lipinski definition) is 2. The molecule has 2 aromatic carbocycles. The molecule has 0 unspecified atom stereocenters. The van der Waals surface area contributed by atoms with Crippen molar-refractivity contribution in [2.75, 3.05) is 25.9 Å². The summed E-state index contributed by atoms with van der Waals surface area (Å²) in [5.41, 5.74) is 10.5. The Balaban J connectivity index is 1.26. The van der Waals surface area contributed by atoms with Gasteiger partial charge in [0.25, 0.3) is 5.89 Å². The zero-order chi connectivity index (χ0) is 27.5. The third-order valence-corrected chi connectivity index (χ3v) is 7.44. The lowest BCUT2D eigenvalue weighted by Gasteiger charge is -2.32. The van der Waals surface area contributed by atoms with Crippen molar-refractivity contribution in [3.63, 3.8) is 0 Å². The largest absolute Gasteiger partial charge is 0.489 e. The van der Waals surface area contributed by atoms with Gasteiger partial charge in [-0.1, -0.05) is 23.4 Å². The van der Waals surface area contributed by atoms with Crippen LogP contribution < -0.4 is 15.8 Å². The fourth-order valence-corrected chi connectivity index (χ4v) is 5.41. The predicted octanol–water partition coefficient (Wildman–Crippen LogP) is 4.75. The molecular weight excluding hydrogens is 498 g/mol. The van der Waals surface area contributed by atoms with Crippen LogP contribution in [0, 0.1) is 5.92 Å². The third kappa shape index (κ3) is 5.84. The van der Waals surface area contributed by atoms with Crippen LogP contribution in [-0.4, -0.2) is 53.3 Å². The number of hydrogen-bond acceptors (Lipinski definition) is 8. The highest BCUT2D eigenvalue weighted by Crippen LogP contribution is 2.38. The molecule has 2 aliphatic rings. The number of benzene rings is 2. The van der Waals surface area contributed by atoms with Gasteiger partial charge in [-0.25, -0.2) is 4.79 Å². The Morgan fingerprint density at radius 3 is 2.69 bits per heavy atom. The van der Waals surface area contributed by atoms with Gasteiger partial charge in [0.2, 0.25) is 5.82 Å². The molecule has 2 heterocycles. The first-order chi connectivity index (χ1) is 18.8. The molecular formula is C29H35N5O5. The number of urea groups is 1. The molecule has 39 heavy (non-hydrogen) atoms. The van der Waals surface area contributed by atoms with Crippen LogP contribution in [-0.2, 0) is 16.0 Å². The first kappa shape index (κ1) is 26.5. The van der Waals surface area contributed by atoms with Crippen molar-refractivity contribution in [2.24, 2.45) is 5.92 Å². The molecule has 206 valence electrons. The average molecular weight is 534 g/mol. The third-order valence-electron chi connectivity index (χ3n) is 7.44. The summed E-state index contributed by atoms with van der Waals surface area (Å²) in [4.78, 5) is 31.1. The number of fused-ring (bicyclic) bond motifs is 1. The zero-order valence-electron chi connectivity index (χ0n) is 22.6. The van der Waals surface area contributed by atoms with Gasteiger partial charge in [0, 0.05) is 30.6 Å². The van der Waals surface area contributed by atoms with E-state index in [0.717, 1.165) is 47.9 Å². The standard InChI is InChI=1S/C29H35N5O5/c1-17(2)38-25-10-7-19(16-23(25)30)28-32-27(33-39-28)22-6-4-5-21-20(22)8-9-24(21)31-29(36)34-13-11-18(12-14-34)15-26(35)37-3/h4-7,10,16-18,24H,8-9,11-15,30H2,1-3H3,(H,31,36)/t24-/m1/s1. The van der Waals surface area contributed by atoms with Crippen LogP contribution in [0.2, 0.25) is 0 Å². The Morgan fingerprint density at radius 1 is 1.18 bits per heavy atom. The highest BCUT2D eigenvalue weighted by atomic mass is 16.5. The summed E-state index contributed by atoms with van der Waals surface area (Å²) in [5.74, 6) is 1.57. The van der Waals surface area contributed by atoms with Gasteiger partial charge in [0.15, 0.2) is 0 Å². The quantitative estimate of drug-likeness (QED) is 0.329. The van der Waals surface area contributed by atoms with Gasteiger partial charge in [-0.15, -0.1) is 0 Å². The predicted molar refractivity (Wildman–Crippen MR) is 146 cm³/mol. The number of rotatable bonds is 7. The number of aromatic nitrogens is 2. The number of amides is 2. The number of nitrogens with one attached hydrogen (secondary N) is 1. The SMILES string of the molecule is COC(=O)CC1CCN(C(=O)N[C@@H]2CCc3c(-c4noc(-c5ccc(OC(C)C)c(N)c5)n4)cccc32)CC1. The van der Waals surface area contributed by atoms with E-state index in [1.165, 1.54) is 7.11 Å². The Labute approximate surface area is 227 Å². The lowest BCUT2D eigenvalue weighted by molar-refractivity contribution is -0.142. The van der Waals surface area contributed by atoms with E-state index in [9.17, 15) is 9.59 Å². The van der Waals surface area contributed by atoms with E-state index in [1.54, 1.807) is 6.07 Å². The number of anilines is 1. The average Bonchev–Trinajstić information content (AvgIpc) is 3.58. The Bertz CT molecular complexity index is 1350. The molecule has 0 bridgehead atoms. The van der Waals surface area contributed by atoms with Crippen LogP contribution in [0.3, 0.4) is 0 Å². The van der Waals surface area contributed by atoms with Crippen LogP contribution in [0.25, 0.3) is 22.8 Å². The molecule has 1 atom stereocenters. The number of nitrogen functional groups attached to an aromatic ring is 1. The van der Waals surface area contributed by atoms with E-state index in [1.807, 2.05) is 43.0 Å². The summed E-state index contributed by atoms with van der Waals surface area (Å²) in [5, 5.41) is 7.46. The second kappa shape index (κ2) is 11.3. The number of methoxy groups -OCH3 is 1. The maximum absolute atomic E-state index is 13.0. The van der Waals surface area contributed by atoms with Crippen LogP contribution in [0.1, 0.15) is 56.7 Å². The monoisotopic (exact) mass is 533 g/mol. The zero-order valence-corrected chi connectivity index (χ0v) is 22.6. The maximum Gasteiger partial charge on any atom is 0.317 e. The molecule has 1 saturated heterocycles. The van der Waals surface area contributed by atoms with E-state index in [-0.39, 0.29) is 30.1 Å². The van der Waals surface area contributed by atoms with Gasteiger partial charge < -0.3 is 29.9 Å². The normalized spacial score (nSPS) is 17.2. The van der Waals surface area contributed by atoms with Gasteiger partial charge in [-0.3, -0.25) is 4.79 Å². The molecule has 2 amide bonds. The van der Waals surface area contributed by atoms with Crippen LogP contribution in [0.5, 0.6) is 5.75 Å².